The quantitative estimate of drug-likeness (QED) is 0.463. The van der Waals surface area contributed by atoms with E-state index in [0.29, 0.717) is 5.56 Å². The minimum atomic E-state index is -0.686. The molecule has 1 aromatic carbocycles. The number of nitro benzene ring substituents is 1. The lowest BCUT2D eigenvalue weighted by Gasteiger charge is -2.06. The molecule has 0 N–H and O–H groups in total. The Hall–Kier alpha value is -2.37. The number of para-hydroxylation sites is 1. The molecule has 0 unspecified atom stereocenters. The molecule has 102 valence electrons. The first-order valence-electron chi connectivity index (χ1n) is 5.76. The van der Waals surface area contributed by atoms with Crippen LogP contribution in [0.1, 0.15) is 22.8 Å². The van der Waals surface area contributed by atoms with E-state index >= 15 is 0 Å². The third kappa shape index (κ3) is 3.80. The maximum Gasteiger partial charge on any atom is 0.345 e. The Morgan fingerprint density at radius 3 is 2.68 bits per heavy atom. The van der Waals surface area contributed by atoms with E-state index in [1.54, 1.807) is 50.3 Å². The van der Waals surface area contributed by atoms with Crippen molar-refractivity contribution in [3.63, 3.8) is 0 Å². The minimum Gasteiger partial charge on any atom is -0.462 e. The van der Waals surface area contributed by atoms with E-state index in [1.807, 2.05) is 0 Å². The van der Waals surface area contributed by atoms with Crippen molar-refractivity contribution in [1.82, 2.24) is 4.90 Å². The van der Waals surface area contributed by atoms with Crippen LogP contribution in [0.3, 0.4) is 0 Å². The molecule has 0 saturated heterocycles. The molecular formula is C13H16N2O4. The van der Waals surface area contributed by atoms with Crippen LogP contribution >= 0.6 is 0 Å². The Morgan fingerprint density at radius 2 is 2.16 bits per heavy atom. The van der Waals surface area contributed by atoms with Gasteiger partial charge in [0.05, 0.1) is 17.1 Å². The first-order valence-corrected chi connectivity index (χ1v) is 5.76. The highest BCUT2D eigenvalue weighted by molar-refractivity contribution is 5.95. The second kappa shape index (κ2) is 6.53. The number of benzene rings is 1. The molecule has 6 nitrogen and oxygen atoms in total. The van der Waals surface area contributed by atoms with Gasteiger partial charge < -0.3 is 9.64 Å². The summed E-state index contributed by atoms with van der Waals surface area (Å²) in [6.07, 6.45) is 3.26. The van der Waals surface area contributed by atoms with Gasteiger partial charge in [-0.25, -0.2) is 4.79 Å². The summed E-state index contributed by atoms with van der Waals surface area (Å²) in [4.78, 5) is 24.0. The molecule has 0 fully saturated rings. The normalized spacial score (nSPS) is 10.5. The van der Waals surface area contributed by atoms with Crippen LogP contribution in [0.4, 0.5) is 5.69 Å². The van der Waals surface area contributed by atoms with E-state index in [2.05, 4.69) is 0 Å². The zero-order valence-corrected chi connectivity index (χ0v) is 11.1. The Labute approximate surface area is 111 Å². The Kier molecular flexibility index (Phi) is 5.05. The SMILES string of the molecule is CCOC(=O)c1cccc(/C=C\N(C)C)c1[N+](=O)[O-]. The topological polar surface area (TPSA) is 72.7 Å². The fourth-order valence-electron chi connectivity index (χ4n) is 1.50. The van der Waals surface area contributed by atoms with Gasteiger partial charge in [-0.05, 0) is 31.3 Å². The van der Waals surface area contributed by atoms with E-state index in [-0.39, 0.29) is 17.9 Å². The molecule has 19 heavy (non-hydrogen) atoms. The van der Waals surface area contributed by atoms with Crippen molar-refractivity contribution < 1.29 is 14.5 Å². The molecule has 0 aliphatic rings. The second-order valence-corrected chi connectivity index (χ2v) is 4.00. The number of nitro groups is 1. The van der Waals surface area contributed by atoms with Gasteiger partial charge in [0, 0.05) is 14.1 Å². The van der Waals surface area contributed by atoms with Crippen LogP contribution in [0, 0.1) is 10.1 Å². The fraction of sp³-hybridized carbons (Fsp3) is 0.308. The third-order valence-corrected chi connectivity index (χ3v) is 2.30. The highest BCUT2D eigenvalue weighted by Crippen LogP contribution is 2.25. The first-order chi connectivity index (χ1) is 8.97. The summed E-state index contributed by atoms with van der Waals surface area (Å²) in [5.74, 6) is -0.686. The molecule has 0 aromatic heterocycles. The molecule has 0 bridgehead atoms. The Bertz CT molecular complexity index is 509. The molecular weight excluding hydrogens is 248 g/mol. The van der Waals surface area contributed by atoms with Crippen molar-refractivity contribution >= 4 is 17.7 Å². The van der Waals surface area contributed by atoms with E-state index in [9.17, 15) is 14.9 Å². The van der Waals surface area contributed by atoms with Crippen molar-refractivity contribution in [1.29, 1.82) is 0 Å². The molecule has 0 atom stereocenters. The van der Waals surface area contributed by atoms with Crippen molar-refractivity contribution in [3.05, 3.63) is 45.6 Å². The van der Waals surface area contributed by atoms with E-state index in [1.165, 1.54) is 6.07 Å². The minimum absolute atomic E-state index is 0.0345. The maximum atomic E-state index is 11.7. The molecule has 0 spiro atoms. The molecule has 1 aromatic rings. The highest BCUT2D eigenvalue weighted by Gasteiger charge is 2.24. The number of nitrogens with zero attached hydrogens (tertiary/aromatic N) is 2. The fourth-order valence-corrected chi connectivity index (χ4v) is 1.50. The van der Waals surface area contributed by atoms with Gasteiger partial charge in [0.15, 0.2) is 0 Å². The molecule has 0 saturated carbocycles. The monoisotopic (exact) mass is 264 g/mol. The summed E-state index contributed by atoms with van der Waals surface area (Å²) >= 11 is 0. The van der Waals surface area contributed by atoms with Crippen LogP contribution in [0.2, 0.25) is 0 Å². The zero-order chi connectivity index (χ0) is 14.4. The number of rotatable bonds is 5. The average Bonchev–Trinajstić information content (AvgIpc) is 2.35. The largest absolute Gasteiger partial charge is 0.462 e. The van der Waals surface area contributed by atoms with Crippen LogP contribution in [-0.2, 0) is 4.74 Å². The lowest BCUT2D eigenvalue weighted by Crippen LogP contribution is -2.09. The predicted molar refractivity (Wildman–Crippen MR) is 71.8 cm³/mol. The Morgan fingerprint density at radius 1 is 1.47 bits per heavy atom. The summed E-state index contributed by atoms with van der Waals surface area (Å²) in [6.45, 7) is 1.83. The Balaban J connectivity index is 3.30. The summed E-state index contributed by atoms with van der Waals surface area (Å²) in [5.41, 5.74) is 0.0936. The van der Waals surface area contributed by atoms with Crippen LogP contribution in [0.5, 0.6) is 0 Å². The van der Waals surface area contributed by atoms with Crippen LogP contribution in [-0.4, -0.2) is 36.5 Å². The van der Waals surface area contributed by atoms with Crippen molar-refractivity contribution in [2.24, 2.45) is 0 Å². The average molecular weight is 264 g/mol. The van der Waals surface area contributed by atoms with E-state index in [0.717, 1.165) is 0 Å². The van der Waals surface area contributed by atoms with Crippen molar-refractivity contribution in [2.45, 2.75) is 6.92 Å². The van der Waals surface area contributed by atoms with Crippen LogP contribution in [0.15, 0.2) is 24.4 Å². The van der Waals surface area contributed by atoms with Gasteiger partial charge in [-0.1, -0.05) is 6.07 Å². The highest BCUT2D eigenvalue weighted by atomic mass is 16.6. The molecule has 0 aliphatic heterocycles. The van der Waals surface area contributed by atoms with Crippen molar-refractivity contribution in [2.75, 3.05) is 20.7 Å². The van der Waals surface area contributed by atoms with Gasteiger partial charge in [-0.2, -0.15) is 0 Å². The standard InChI is InChI=1S/C13H16N2O4/c1-4-19-13(16)11-7-5-6-10(8-9-14(2)3)12(11)15(17)18/h5-9H,4H2,1-3H3/b9-8-. The molecule has 0 heterocycles. The number of esters is 1. The number of hydrogen-bond donors (Lipinski definition) is 0. The third-order valence-electron chi connectivity index (χ3n) is 2.30. The molecule has 6 heteroatoms. The summed E-state index contributed by atoms with van der Waals surface area (Å²) in [6, 6.07) is 4.57. The number of carbonyl (C=O) groups excluding carboxylic acids is 1. The van der Waals surface area contributed by atoms with Crippen LogP contribution < -0.4 is 0 Å². The molecule has 0 amide bonds. The zero-order valence-electron chi connectivity index (χ0n) is 11.1. The summed E-state index contributed by atoms with van der Waals surface area (Å²) in [7, 11) is 3.61. The molecule has 1 rings (SSSR count). The first kappa shape index (κ1) is 14.7. The van der Waals surface area contributed by atoms with E-state index in [4.69, 9.17) is 4.74 Å². The van der Waals surface area contributed by atoms with Gasteiger partial charge in [0.25, 0.3) is 5.69 Å². The number of carbonyl (C=O) groups is 1. The molecule has 0 aliphatic carbocycles. The second-order valence-electron chi connectivity index (χ2n) is 4.00. The lowest BCUT2D eigenvalue weighted by atomic mass is 10.1. The number of ether oxygens (including phenoxy) is 1. The summed E-state index contributed by atoms with van der Waals surface area (Å²) in [5, 5.41) is 11.1. The van der Waals surface area contributed by atoms with Gasteiger partial charge in [0.2, 0.25) is 0 Å². The van der Waals surface area contributed by atoms with Gasteiger partial charge in [-0.3, -0.25) is 10.1 Å². The van der Waals surface area contributed by atoms with Crippen molar-refractivity contribution in [3.8, 4) is 0 Å². The smallest absolute Gasteiger partial charge is 0.345 e. The number of hydrogen-bond acceptors (Lipinski definition) is 5. The molecule has 0 radical (unpaired) electrons. The predicted octanol–water partition coefficient (Wildman–Crippen LogP) is 2.30. The van der Waals surface area contributed by atoms with Crippen LogP contribution in [0.25, 0.3) is 6.08 Å². The lowest BCUT2D eigenvalue weighted by molar-refractivity contribution is -0.385. The maximum absolute atomic E-state index is 11.7. The summed E-state index contributed by atoms with van der Waals surface area (Å²) < 4.78 is 4.82. The van der Waals surface area contributed by atoms with Gasteiger partial charge in [0.1, 0.15) is 5.56 Å². The van der Waals surface area contributed by atoms with Gasteiger partial charge in [-0.15, -0.1) is 0 Å². The van der Waals surface area contributed by atoms with E-state index < -0.39 is 10.9 Å². The van der Waals surface area contributed by atoms with Gasteiger partial charge >= 0.3 is 5.97 Å².